The van der Waals surface area contributed by atoms with Gasteiger partial charge in [-0.15, -0.1) is 0 Å². The molecule has 0 aliphatic rings. The van der Waals surface area contributed by atoms with Crippen molar-refractivity contribution in [2.45, 2.75) is 40.0 Å². The highest BCUT2D eigenvalue weighted by molar-refractivity contribution is 5.76. The Labute approximate surface area is 117 Å². The quantitative estimate of drug-likeness (QED) is 0.721. The predicted octanol–water partition coefficient (Wildman–Crippen LogP) is 4.13. The Morgan fingerprint density at radius 2 is 1.89 bits per heavy atom. The second-order valence-corrected chi connectivity index (χ2v) is 4.80. The Balaban J connectivity index is 2.66. The van der Waals surface area contributed by atoms with Gasteiger partial charge in [-0.1, -0.05) is 56.7 Å². The largest absolute Gasteiger partial charge is 0.339 e. The number of hydrogen-bond acceptors (Lipinski definition) is 1. The van der Waals surface area contributed by atoms with Gasteiger partial charge in [-0.25, -0.2) is 0 Å². The molecule has 0 saturated carbocycles. The van der Waals surface area contributed by atoms with Crippen LogP contribution in [0.15, 0.2) is 36.4 Å². The topological polar surface area (TPSA) is 20.3 Å². The van der Waals surface area contributed by atoms with Crippen LogP contribution >= 0.6 is 0 Å². The summed E-state index contributed by atoms with van der Waals surface area (Å²) in [7, 11) is 0. The van der Waals surface area contributed by atoms with Crippen LogP contribution in [0.5, 0.6) is 0 Å². The van der Waals surface area contributed by atoms with Crippen molar-refractivity contribution >= 4 is 11.5 Å². The monoisotopic (exact) mass is 259 g/mol. The predicted molar refractivity (Wildman–Crippen MR) is 81.9 cm³/mol. The van der Waals surface area contributed by atoms with E-state index in [4.69, 9.17) is 0 Å². The van der Waals surface area contributed by atoms with Crippen molar-refractivity contribution in [3.05, 3.63) is 42.0 Å². The number of nitrogens with zero attached hydrogens (tertiary/aromatic N) is 1. The summed E-state index contributed by atoms with van der Waals surface area (Å²) in [4.78, 5) is 13.8. The van der Waals surface area contributed by atoms with Gasteiger partial charge in [0.05, 0.1) is 0 Å². The van der Waals surface area contributed by atoms with Crippen LogP contribution in [0.25, 0.3) is 5.57 Å². The van der Waals surface area contributed by atoms with Crippen molar-refractivity contribution < 1.29 is 4.79 Å². The fourth-order valence-electron chi connectivity index (χ4n) is 1.96. The second kappa shape index (κ2) is 8.52. The highest BCUT2D eigenvalue weighted by Crippen LogP contribution is 2.13. The average molecular weight is 259 g/mol. The van der Waals surface area contributed by atoms with Crippen LogP contribution < -0.4 is 0 Å². The number of amides is 1. The summed E-state index contributed by atoms with van der Waals surface area (Å²) >= 11 is 0. The first-order valence-electron chi connectivity index (χ1n) is 7.19. The van der Waals surface area contributed by atoms with Gasteiger partial charge in [-0.3, -0.25) is 4.79 Å². The lowest BCUT2D eigenvalue weighted by atomic mass is 10.1. The minimum absolute atomic E-state index is 0.241. The normalized spacial score (nSPS) is 11.4. The fourth-order valence-corrected chi connectivity index (χ4v) is 1.96. The van der Waals surface area contributed by atoms with Crippen LogP contribution in [0.4, 0.5) is 0 Å². The van der Waals surface area contributed by atoms with E-state index in [1.165, 1.54) is 11.1 Å². The third-order valence-electron chi connectivity index (χ3n) is 3.28. The van der Waals surface area contributed by atoms with E-state index in [0.717, 1.165) is 19.4 Å². The lowest BCUT2D eigenvalue weighted by Crippen LogP contribution is -2.31. The summed E-state index contributed by atoms with van der Waals surface area (Å²) < 4.78 is 0. The lowest BCUT2D eigenvalue weighted by molar-refractivity contribution is -0.130. The number of benzene rings is 1. The van der Waals surface area contributed by atoms with Crippen molar-refractivity contribution in [1.82, 2.24) is 4.90 Å². The molecular weight excluding hydrogens is 234 g/mol. The molecule has 0 radical (unpaired) electrons. The van der Waals surface area contributed by atoms with Crippen LogP contribution in [-0.2, 0) is 4.79 Å². The first-order valence-corrected chi connectivity index (χ1v) is 7.19. The first kappa shape index (κ1) is 15.5. The van der Waals surface area contributed by atoms with Crippen molar-refractivity contribution in [3.8, 4) is 0 Å². The van der Waals surface area contributed by atoms with E-state index >= 15 is 0 Å². The molecule has 0 heterocycles. The Kier molecular flexibility index (Phi) is 6.94. The maximum Gasteiger partial charge on any atom is 0.222 e. The number of carbonyl (C=O) groups is 1. The van der Waals surface area contributed by atoms with Gasteiger partial charge < -0.3 is 4.90 Å². The molecular formula is C17H25NO. The average Bonchev–Trinajstić information content (AvgIpc) is 2.47. The minimum atomic E-state index is 0.241. The Hall–Kier alpha value is -1.57. The zero-order valence-electron chi connectivity index (χ0n) is 12.4. The molecule has 0 bridgehead atoms. The molecule has 2 heteroatoms. The molecule has 0 N–H and O–H groups in total. The molecule has 104 valence electrons. The summed E-state index contributed by atoms with van der Waals surface area (Å²) in [5.74, 6) is 0.241. The van der Waals surface area contributed by atoms with E-state index in [1.54, 1.807) is 0 Å². The highest BCUT2D eigenvalue weighted by Gasteiger charge is 2.09. The minimum Gasteiger partial charge on any atom is -0.339 e. The Bertz CT molecular complexity index is 409. The number of allylic oxidation sites excluding steroid dienone is 1. The molecule has 0 fully saturated rings. The summed E-state index contributed by atoms with van der Waals surface area (Å²) in [6, 6.07) is 10.3. The summed E-state index contributed by atoms with van der Waals surface area (Å²) in [5, 5.41) is 0. The lowest BCUT2D eigenvalue weighted by Gasteiger charge is -2.20. The molecule has 1 amide bonds. The van der Waals surface area contributed by atoms with E-state index in [9.17, 15) is 4.79 Å². The highest BCUT2D eigenvalue weighted by atomic mass is 16.2. The maximum absolute atomic E-state index is 11.9. The Morgan fingerprint density at radius 3 is 2.47 bits per heavy atom. The van der Waals surface area contributed by atoms with E-state index in [1.807, 2.05) is 30.0 Å². The standard InChI is InChI=1S/C17H25NO/c1-4-6-13-18(17(19)5-2)14-12-15(3)16-10-8-7-9-11-16/h7-12H,4-6,13-14H2,1-3H3. The SMILES string of the molecule is CCCCN(CC=C(C)c1ccccc1)C(=O)CC. The van der Waals surface area contributed by atoms with E-state index in [2.05, 4.69) is 32.1 Å². The zero-order chi connectivity index (χ0) is 14.1. The number of unbranched alkanes of at least 4 members (excludes halogenated alkanes) is 1. The van der Waals surface area contributed by atoms with Gasteiger partial charge in [-0.05, 0) is 24.5 Å². The van der Waals surface area contributed by atoms with Gasteiger partial charge in [0.15, 0.2) is 0 Å². The molecule has 0 unspecified atom stereocenters. The first-order chi connectivity index (χ1) is 9.19. The van der Waals surface area contributed by atoms with Crippen LogP contribution in [0.1, 0.15) is 45.6 Å². The van der Waals surface area contributed by atoms with Gasteiger partial charge in [0.1, 0.15) is 0 Å². The molecule has 1 aromatic rings. The summed E-state index contributed by atoms with van der Waals surface area (Å²) in [6.45, 7) is 7.76. The van der Waals surface area contributed by atoms with Crippen LogP contribution in [0, 0.1) is 0 Å². The van der Waals surface area contributed by atoms with Crippen LogP contribution in [0.3, 0.4) is 0 Å². The summed E-state index contributed by atoms with van der Waals surface area (Å²) in [6.07, 6.45) is 4.93. The molecule has 2 nitrogen and oxygen atoms in total. The smallest absolute Gasteiger partial charge is 0.222 e. The van der Waals surface area contributed by atoms with Crippen molar-refractivity contribution in [2.75, 3.05) is 13.1 Å². The molecule has 0 aromatic heterocycles. The van der Waals surface area contributed by atoms with Crippen molar-refractivity contribution in [1.29, 1.82) is 0 Å². The second-order valence-electron chi connectivity index (χ2n) is 4.80. The van der Waals surface area contributed by atoms with E-state index in [-0.39, 0.29) is 5.91 Å². The van der Waals surface area contributed by atoms with Gasteiger partial charge in [-0.2, -0.15) is 0 Å². The van der Waals surface area contributed by atoms with Crippen molar-refractivity contribution in [3.63, 3.8) is 0 Å². The fraction of sp³-hybridized carbons (Fsp3) is 0.471. The van der Waals surface area contributed by atoms with Gasteiger partial charge in [0, 0.05) is 19.5 Å². The van der Waals surface area contributed by atoms with Gasteiger partial charge in [0.25, 0.3) is 0 Å². The summed E-state index contributed by atoms with van der Waals surface area (Å²) in [5.41, 5.74) is 2.45. The van der Waals surface area contributed by atoms with Gasteiger partial charge in [0.2, 0.25) is 5.91 Å². The zero-order valence-corrected chi connectivity index (χ0v) is 12.4. The van der Waals surface area contributed by atoms with Gasteiger partial charge >= 0.3 is 0 Å². The number of rotatable bonds is 7. The van der Waals surface area contributed by atoms with Crippen LogP contribution in [-0.4, -0.2) is 23.9 Å². The van der Waals surface area contributed by atoms with Crippen molar-refractivity contribution in [2.24, 2.45) is 0 Å². The molecule has 0 spiro atoms. The van der Waals surface area contributed by atoms with Crippen LogP contribution in [0.2, 0.25) is 0 Å². The molecule has 0 saturated heterocycles. The molecule has 1 aromatic carbocycles. The third-order valence-corrected chi connectivity index (χ3v) is 3.28. The third kappa shape index (κ3) is 5.29. The molecule has 19 heavy (non-hydrogen) atoms. The number of carbonyl (C=O) groups excluding carboxylic acids is 1. The van der Waals surface area contributed by atoms with E-state index < -0.39 is 0 Å². The number of hydrogen-bond donors (Lipinski definition) is 0. The molecule has 0 aliphatic carbocycles. The molecule has 0 aliphatic heterocycles. The molecule has 0 atom stereocenters. The Morgan fingerprint density at radius 1 is 1.21 bits per heavy atom. The maximum atomic E-state index is 11.9. The van der Waals surface area contributed by atoms with E-state index in [0.29, 0.717) is 13.0 Å². The molecule has 1 rings (SSSR count).